The summed E-state index contributed by atoms with van der Waals surface area (Å²) in [6.07, 6.45) is 8.50. The Bertz CT molecular complexity index is 583. The molecular weight excluding hydrogens is 362 g/mol. The summed E-state index contributed by atoms with van der Waals surface area (Å²) in [5.74, 6) is 0.634. The molecule has 1 aromatic carbocycles. The maximum absolute atomic E-state index is 14.0. The van der Waals surface area contributed by atoms with Gasteiger partial charge in [-0.25, -0.2) is 8.78 Å². The molecule has 1 aliphatic heterocycles. The van der Waals surface area contributed by atoms with Crippen molar-refractivity contribution in [1.82, 2.24) is 0 Å². The summed E-state index contributed by atoms with van der Waals surface area (Å²) >= 11 is 0. The SMILES string of the molecule is CCCC1COC(C2CCC(CCc3cc(F)c(COC)c(F)c3)CC2)OC1. The Balaban J connectivity index is 1.41. The van der Waals surface area contributed by atoms with Crippen LogP contribution in [0.3, 0.4) is 0 Å². The molecule has 1 aliphatic carbocycles. The lowest BCUT2D eigenvalue weighted by atomic mass is 9.79. The molecule has 0 N–H and O–H groups in total. The van der Waals surface area contributed by atoms with Crippen molar-refractivity contribution < 1.29 is 23.0 Å². The Kier molecular flexibility index (Phi) is 8.24. The van der Waals surface area contributed by atoms with Crippen molar-refractivity contribution in [2.45, 2.75) is 71.2 Å². The minimum atomic E-state index is -0.506. The van der Waals surface area contributed by atoms with Crippen LogP contribution in [0.15, 0.2) is 12.1 Å². The van der Waals surface area contributed by atoms with Gasteiger partial charge in [-0.3, -0.25) is 0 Å². The Hall–Kier alpha value is -1.04. The predicted octanol–water partition coefficient (Wildman–Crippen LogP) is 5.64. The molecule has 0 amide bonds. The van der Waals surface area contributed by atoms with Crippen LogP contribution in [0, 0.1) is 29.4 Å². The number of aryl methyl sites for hydroxylation is 1. The quantitative estimate of drug-likeness (QED) is 0.569. The van der Waals surface area contributed by atoms with Gasteiger partial charge >= 0.3 is 0 Å². The van der Waals surface area contributed by atoms with Crippen molar-refractivity contribution in [2.24, 2.45) is 17.8 Å². The molecule has 3 nitrogen and oxygen atoms in total. The zero-order valence-corrected chi connectivity index (χ0v) is 17.2. The van der Waals surface area contributed by atoms with Gasteiger partial charge in [0.25, 0.3) is 0 Å². The van der Waals surface area contributed by atoms with Crippen molar-refractivity contribution >= 4 is 0 Å². The van der Waals surface area contributed by atoms with E-state index in [0.717, 1.165) is 50.9 Å². The van der Waals surface area contributed by atoms with Gasteiger partial charge in [-0.1, -0.05) is 13.3 Å². The standard InChI is InChI=1S/C23H34F2O3/c1-3-4-18-13-27-23(28-14-18)19-9-7-16(8-10-19)5-6-17-11-21(24)20(15-26-2)22(25)12-17/h11-12,16,18-19,23H,3-10,13-15H2,1-2H3. The Labute approximate surface area is 167 Å². The molecule has 0 spiro atoms. The van der Waals surface area contributed by atoms with Gasteiger partial charge in [0.1, 0.15) is 11.6 Å². The van der Waals surface area contributed by atoms with E-state index in [0.29, 0.717) is 24.2 Å². The number of ether oxygens (including phenoxy) is 3. The number of hydrogen-bond acceptors (Lipinski definition) is 3. The summed E-state index contributed by atoms with van der Waals surface area (Å²) < 4.78 is 44.9. The highest BCUT2D eigenvalue weighted by atomic mass is 19.1. The molecule has 1 heterocycles. The van der Waals surface area contributed by atoms with Gasteiger partial charge in [0, 0.05) is 24.5 Å². The van der Waals surface area contributed by atoms with Crippen LogP contribution in [0.2, 0.25) is 0 Å². The highest BCUT2D eigenvalue weighted by Crippen LogP contribution is 2.36. The summed E-state index contributed by atoms with van der Waals surface area (Å²) in [4.78, 5) is 0. The van der Waals surface area contributed by atoms with Crippen molar-refractivity contribution in [3.8, 4) is 0 Å². The van der Waals surface area contributed by atoms with Crippen LogP contribution in [0.4, 0.5) is 8.78 Å². The van der Waals surface area contributed by atoms with E-state index in [1.54, 1.807) is 0 Å². The Morgan fingerprint density at radius 2 is 1.61 bits per heavy atom. The van der Waals surface area contributed by atoms with E-state index >= 15 is 0 Å². The summed E-state index contributed by atoms with van der Waals surface area (Å²) in [5.41, 5.74) is 0.748. The smallest absolute Gasteiger partial charge is 0.160 e. The fourth-order valence-electron chi connectivity index (χ4n) is 4.61. The highest BCUT2D eigenvalue weighted by molar-refractivity contribution is 5.26. The Morgan fingerprint density at radius 3 is 2.18 bits per heavy atom. The second-order valence-corrected chi connectivity index (χ2v) is 8.48. The summed E-state index contributed by atoms with van der Waals surface area (Å²) in [7, 11) is 1.44. The van der Waals surface area contributed by atoms with E-state index in [1.807, 2.05) is 0 Å². The van der Waals surface area contributed by atoms with Gasteiger partial charge in [0.15, 0.2) is 6.29 Å². The van der Waals surface area contributed by atoms with Crippen LogP contribution < -0.4 is 0 Å². The number of methoxy groups -OCH3 is 1. The molecule has 0 radical (unpaired) electrons. The first-order valence-corrected chi connectivity index (χ1v) is 10.8. The zero-order chi connectivity index (χ0) is 19.9. The molecule has 3 rings (SSSR count). The van der Waals surface area contributed by atoms with E-state index in [9.17, 15) is 8.78 Å². The molecule has 2 fully saturated rings. The fraction of sp³-hybridized carbons (Fsp3) is 0.739. The number of halogens is 2. The largest absolute Gasteiger partial charge is 0.380 e. The number of benzene rings is 1. The monoisotopic (exact) mass is 396 g/mol. The van der Waals surface area contributed by atoms with Gasteiger partial charge in [0.2, 0.25) is 0 Å². The lowest BCUT2D eigenvalue weighted by molar-refractivity contribution is -0.230. The molecule has 1 saturated carbocycles. The maximum Gasteiger partial charge on any atom is 0.160 e. The van der Waals surface area contributed by atoms with E-state index in [4.69, 9.17) is 14.2 Å². The van der Waals surface area contributed by atoms with Crippen molar-refractivity contribution in [3.63, 3.8) is 0 Å². The highest BCUT2D eigenvalue weighted by Gasteiger charge is 2.32. The molecule has 0 bridgehead atoms. The number of rotatable bonds is 8. The third-order valence-electron chi connectivity index (χ3n) is 6.30. The van der Waals surface area contributed by atoms with Crippen LogP contribution in [0.1, 0.15) is 63.0 Å². The molecule has 0 aromatic heterocycles. The summed E-state index contributed by atoms with van der Waals surface area (Å²) in [6.45, 7) is 3.82. The number of hydrogen-bond donors (Lipinski definition) is 0. The van der Waals surface area contributed by atoms with Crippen LogP contribution >= 0.6 is 0 Å². The van der Waals surface area contributed by atoms with Gasteiger partial charge in [-0.15, -0.1) is 0 Å². The summed E-state index contributed by atoms with van der Waals surface area (Å²) in [6, 6.07) is 2.92. The normalized spacial score (nSPS) is 28.4. The first kappa shape index (κ1) is 21.7. The van der Waals surface area contributed by atoms with Crippen LogP contribution in [-0.2, 0) is 27.2 Å². The second kappa shape index (κ2) is 10.7. The topological polar surface area (TPSA) is 27.7 Å². The molecule has 28 heavy (non-hydrogen) atoms. The lowest BCUT2D eigenvalue weighted by Crippen LogP contribution is -2.38. The van der Waals surface area contributed by atoms with E-state index in [2.05, 4.69) is 6.92 Å². The maximum atomic E-state index is 14.0. The zero-order valence-electron chi connectivity index (χ0n) is 17.2. The average Bonchev–Trinajstić information content (AvgIpc) is 2.70. The predicted molar refractivity (Wildman–Crippen MR) is 105 cm³/mol. The third kappa shape index (κ3) is 5.74. The van der Waals surface area contributed by atoms with Gasteiger partial charge < -0.3 is 14.2 Å². The second-order valence-electron chi connectivity index (χ2n) is 8.48. The van der Waals surface area contributed by atoms with E-state index in [-0.39, 0.29) is 18.5 Å². The lowest BCUT2D eigenvalue weighted by Gasteiger charge is -2.37. The van der Waals surface area contributed by atoms with Gasteiger partial charge in [-0.05, 0) is 68.6 Å². The van der Waals surface area contributed by atoms with Crippen LogP contribution in [0.5, 0.6) is 0 Å². The average molecular weight is 397 g/mol. The summed E-state index contributed by atoms with van der Waals surface area (Å²) in [5, 5.41) is 0. The molecule has 1 saturated heterocycles. The first-order valence-electron chi connectivity index (χ1n) is 10.8. The molecule has 158 valence electrons. The van der Waals surface area contributed by atoms with Crippen molar-refractivity contribution in [3.05, 3.63) is 34.9 Å². The Morgan fingerprint density at radius 1 is 0.964 bits per heavy atom. The van der Waals surface area contributed by atoms with Crippen LogP contribution in [0.25, 0.3) is 0 Å². The molecule has 2 aliphatic rings. The van der Waals surface area contributed by atoms with Crippen molar-refractivity contribution in [2.75, 3.05) is 20.3 Å². The minimum absolute atomic E-state index is 0.0143. The molecule has 5 heteroatoms. The van der Waals surface area contributed by atoms with Gasteiger partial charge in [-0.2, -0.15) is 0 Å². The first-order chi connectivity index (χ1) is 13.6. The van der Waals surface area contributed by atoms with Gasteiger partial charge in [0.05, 0.1) is 19.8 Å². The molecule has 0 unspecified atom stereocenters. The molecule has 1 aromatic rings. The third-order valence-corrected chi connectivity index (χ3v) is 6.30. The van der Waals surface area contributed by atoms with Crippen LogP contribution in [-0.4, -0.2) is 26.6 Å². The molecule has 0 atom stereocenters. The van der Waals surface area contributed by atoms with E-state index < -0.39 is 11.6 Å². The minimum Gasteiger partial charge on any atom is -0.380 e. The fourth-order valence-corrected chi connectivity index (χ4v) is 4.61. The van der Waals surface area contributed by atoms with E-state index in [1.165, 1.54) is 32.1 Å². The molecular formula is C23H34F2O3. The van der Waals surface area contributed by atoms with Crippen molar-refractivity contribution in [1.29, 1.82) is 0 Å².